The second-order valence-corrected chi connectivity index (χ2v) is 6.13. The molecular formula is C19H22N4O3. The molecule has 0 aliphatic carbocycles. The van der Waals surface area contributed by atoms with Gasteiger partial charge in [-0.3, -0.25) is 14.9 Å². The van der Waals surface area contributed by atoms with Crippen molar-refractivity contribution in [3.63, 3.8) is 0 Å². The molecule has 1 aliphatic heterocycles. The van der Waals surface area contributed by atoms with E-state index in [0.717, 1.165) is 5.69 Å². The van der Waals surface area contributed by atoms with Crippen molar-refractivity contribution in [3.8, 4) is 0 Å². The molecule has 7 nitrogen and oxygen atoms in total. The molecule has 1 N–H and O–H groups in total. The predicted molar refractivity (Wildman–Crippen MR) is 102 cm³/mol. The van der Waals surface area contributed by atoms with Crippen molar-refractivity contribution in [2.45, 2.75) is 6.92 Å². The van der Waals surface area contributed by atoms with Crippen molar-refractivity contribution in [1.82, 2.24) is 4.90 Å². The first-order valence-electron chi connectivity index (χ1n) is 8.71. The van der Waals surface area contributed by atoms with Crippen molar-refractivity contribution in [3.05, 3.63) is 64.2 Å². The number of piperazine rings is 1. The van der Waals surface area contributed by atoms with Crippen molar-refractivity contribution < 1.29 is 9.72 Å². The summed E-state index contributed by atoms with van der Waals surface area (Å²) < 4.78 is 0. The van der Waals surface area contributed by atoms with Gasteiger partial charge in [0.2, 0.25) is 0 Å². The summed E-state index contributed by atoms with van der Waals surface area (Å²) >= 11 is 0. The molecule has 2 aromatic rings. The normalized spacial score (nSPS) is 14.2. The Labute approximate surface area is 152 Å². The molecule has 0 unspecified atom stereocenters. The van der Waals surface area contributed by atoms with Crippen LogP contribution in [0.3, 0.4) is 0 Å². The lowest BCUT2D eigenvalue weighted by Crippen LogP contribution is -2.48. The topological polar surface area (TPSA) is 78.7 Å². The molecule has 1 fully saturated rings. The minimum absolute atomic E-state index is 0.0438. The third-order valence-electron chi connectivity index (χ3n) is 4.50. The quantitative estimate of drug-likeness (QED) is 0.660. The molecule has 1 aliphatic rings. The van der Waals surface area contributed by atoms with Crippen LogP contribution >= 0.6 is 0 Å². The van der Waals surface area contributed by atoms with Gasteiger partial charge in [-0.15, -0.1) is 0 Å². The first kappa shape index (κ1) is 17.7. The van der Waals surface area contributed by atoms with Gasteiger partial charge in [-0.25, -0.2) is 0 Å². The number of nitro groups is 1. The number of nitro benzene ring substituents is 1. The van der Waals surface area contributed by atoms with Crippen LogP contribution in [0, 0.1) is 10.1 Å². The van der Waals surface area contributed by atoms with E-state index in [4.69, 9.17) is 0 Å². The molecular weight excluding hydrogens is 332 g/mol. The fourth-order valence-electron chi connectivity index (χ4n) is 3.14. The molecule has 0 spiro atoms. The lowest BCUT2D eigenvalue weighted by Gasteiger charge is -2.36. The van der Waals surface area contributed by atoms with E-state index in [-0.39, 0.29) is 16.5 Å². The number of carbonyl (C=O) groups excluding carboxylic acids is 1. The van der Waals surface area contributed by atoms with Gasteiger partial charge in [-0.05, 0) is 31.2 Å². The van der Waals surface area contributed by atoms with Gasteiger partial charge in [0, 0.05) is 50.0 Å². The van der Waals surface area contributed by atoms with Crippen LogP contribution in [0.2, 0.25) is 0 Å². The maximum Gasteiger partial charge on any atom is 0.292 e. The first-order chi connectivity index (χ1) is 12.6. The molecule has 0 bridgehead atoms. The highest BCUT2D eigenvalue weighted by Gasteiger charge is 2.23. The van der Waals surface area contributed by atoms with Crippen LogP contribution in [-0.4, -0.2) is 48.5 Å². The molecule has 1 amide bonds. The van der Waals surface area contributed by atoms with Crippen LogP contribution < -0.4 is 10.2 Å². The Morgan fingerprint density at radius 3 is 2.42 bits per heavy atom. The van der Waals surface area contributed by atoms with E-state index in [2.05, 4.69) is 10.2 Å². The van der Waals surface area contributed by atoms with E-state index in [1.165, 1.54) is 6.07 Å². The van der Waals surface area contributed by atoms with Gasteiger partial charge in [0.25, 0.3) is 11.6 Å². The third kappa shape index (κ3) is 3.77. The van der Waals surface area contributed by atoms with E-state index in [0.29, 0.717) is 44.0 Å². The summed E-state index contributed by atoms with van der Waals surface area (Å²) in [6, 6.07) is 14.4. The zero-order valence-corrected chi connectivity index (χ0v) is 14.7. The third-order valence-corrected chi connectivity index (χ3v) is 4.50. The largest absolute Gasteiger partial charge is 0.380 e. The Bertz CT molecular complexity index is 787. The number of carbonyl (C=O) groups is 1. The Morgan fingerprint density at radius 2 is 1.81 bits per heavy atom. The van der Waals surface area contributed by atoms with Gasteiger partial charge in [0.15, 0.2) is 0 Å². The highest BCUT2D eigenvalue weighted by Crippen LogP contribution is 2.30. The highest BCUT2D eigenvalue weighted by atomic mass is 16.6. The predicted octanol–water partition coefficient (Wildman–Crippen LogP) is 2.99. The minimum atomic E-state index is -0.377. The highest BCUT2D eigenvalue weighted by molar-refractivity contribution is 5.94. The van der Waals surface area contributed by atoms with Crippen LogP contribution in [0.1, 0.15) is 17.3 Å². The van der Waals surface area contributed by atoms with Gasteiger partial charge in [-0.1, -0.05) is 18.2 Å². The van der Waals surface area contributed by atoms with E-state index in [1.54, 1.807) is 6.07 Å². The molecule has 2 aromatic carbocycles. The van der Waals surface area contributed by atoms with E-state index in [1.807, 2.05) is 48.2 Å². The monoisotopic (exact) mass is 354 g/mol. The number of amides is 1. The Balaban J connectivity index is 1.69. The number of rotatable bonds is 5. The molecule has 1 heterocycles. The van der Waals surface area contributed by atoms with Crippen LogP contribution in [0.5, 0.6) is 0 Å². The SMILES string of the molecule is CCNc1cc(N2CCN(C(=O)c3ccccc3)CC2)ccc1[N+](=O)[O-]. The molecule has 0 aromatic heterocycles. The maximum atomic E-state index is 12.5. The zero-order chi connectivity index (χ0) is 18.5. The summed E-state index contributed by atoms with van der Waals surface area (Å²) in [6.45, 7) is 5.17. The van der Waals surface area contributed by atoms with Crippen LogP contribution in [0.25, 0.3) is 0 Å². The summed E-state index contributed by atoms with van der Waals surface area (Å²) in [5.41, 5.74) is 2.23. The Hall–Kier alpha value is -3.09. The Kier molecular flexibility index (Phi) is 5.36. The summed E-state index contributed by atoms with van der Waals surface area (Å²) in [6.07, 6.45) is 0. The fraction of sp³-hybridized carbons (Fsp3) is 0.316. The lowest BCUT2D eigenvalue weighted by molar-refractivity contribution is -0.383. The second kappa shape index (κ2) is 7.86. The van der Waals surface area contributed by atoms with E-state index >= 15 is 0 Å². The minimum Gasteiger partial charge on any atom is -0.380 e. The number of anilines is 2. The number of hydrogen-bond acceptors (Lipinski definition) is 5. The van der Waals surface area contributed by atoms with Gasteiger partial charge in [0.05, 0.1) is 4.92 Å². The fourth-order valence-corrected chi connectivity index (χ4v) is 3.14. The van der Waals surface area contributed by atoms with E-state index < -0.39 is 0 Å². The molecule has 0 atom stereocenters. The number of hydrogen-bond donors (Lipinski definition) is 1. The van der Waals surface area contributed by atoms with Gasteiger partial charge in [0.1, 0.15) is 5.69 Å². The summed E-state index contributed by atoms with van der Waals surface area (Å²) in [4.78, 5) is 27.3. The smallest absolute Gasteiger partial charge is 0.292 e. The number of nitrogens with zero attached hydrogens (tertiary/aromatic N) is 3. The summed E-state index contributed by atoms with van der Waals surface area (Å²) in [5, 5.41) is 14.2. The molecule has 0 saturated carbocycles. The van der Waals surface area contributed by atoms with E-state index in [9.17, 15) is 14.9 Å². The van der Waals surface area contributed by atoms with Crippen LogP contribution in [-0.2, 0) is 0 Å². The zero-order valence-electron chi connectivity index (χ0n) is 14.7. The number of nitrogens with one attached hydrogen (secondary N) is 1. The van der Waals surface area contributed by atoms with Gasteiger partial charge in [-0.2, -0.15) is 0 Å². The molecule has 136 valence electrons. The van der Waals surface area contributed by atoms with Crippen molar-refractivity contribution in [2.24, 2.45) is 0 Å². The number of benzene rings is 2. The first-order valence-corrected chi connectivity index (χ1v) is 8.71. The molecule has 1 saturated heterocycles. The molecule has 0 radical (unpaired) electrons. The van der Waals surface area contributed by atoms with Crippen LogP contribution in [0.4, 0.5) is 17.1 Å². The molecule has 7 heteroatoms. The molecule has 3 rings (SSSR count). The second-order valence-electron chi connectivity index (χ2n) is 6.13. The summed E-state index contributed by atoms with van der Waals surface area (Å²) in [7, 11) is 0. The van der Waals surface area contributed by atoms with Crippen molar-refractivity contribution >= 4 is 23.0 Å². The average molecular weight is 354 g/mol. The average Bonchev–Trinajstić information content (AvgIpc) is 2.68. The van der Waals surface area contributed by atoms with Crippen LogP contribution in [0.15, 0.2) is 48.5 Å². The maximum absolute atomic E-state index is 12.5. The van der Waals surface area contributed by atoms with Gasteiger partial charge >= 0.3 is 0 Å². The lowest BCUT2D eigenvalue weighted by atomic mass is 10.1. The van der Waals surface area contributed by atoms with Gasteiger partial charge < -0.3 is 15.1 Å². The molecule has 26 heavy (non-hydrogen) atoms. The summed E-state index contributed by atoms with van der Waals surface area (Å²) in [5.74, 6) is 0.0438. The standard InChI is InChI=1S/C19H22N4O3/c1-2-20-17-14-16(8-9-18(17)23(25)26)21-10-12-22(13-11-21)19(24)15-6-4-3-5-7-15/h3-9,14,20H,2,10-13H2,1H3. The Morgan fingerprint density at radius 1 is 1.12 bits per heavy atom. The van der Waals surface area contributed by atoms with Crippen molar-refractivity contribution in [2.75, 3.05) is 42.9 Å². The van der Waals surface area contributed by atoms with Crippen molar-refractivity contribution in [1.29, 1.82) is 0 Å².